The second-order valence-electron chi connectivity index (χ2n) is 5.22. The molecule has 1 fully saturated rings. The van der Waals surface area contributed by atoms with Crippen LogP contribution >= 0.6 is 0 Å². The highest BCUT2D eigenvalue weighted by atomic mass is 16.5. The largest absolute Gasteiger partial charge is 0.493 e. The fraction of sp³-hybridized carbons (Fsp3) is 0.438. The molecule has 1 heterocycles. The van der Waals surface area contributed by atoms with Crippen LogP contribution in [0.5, 0.6) is 11.5 Å². The Bertz CT molecular complexity index is 632. The lowest BCUT2D eigenvalue weighted by Gasteiger charge is -2.15. The van der Waals surface area contributed by atoms with Crippen molar-refractivity contribution in [3.63, 3.8) is 0 Å². The molecule has 24 heavy (non-hydrogen) atoms. The molecule has 130 valence electrons. The smallest absolute Gasteiger partial charge is 0.269 e. The van der Waals surface area contributed by atoms with Crippen molar-refractivity contribution in [2.75, 3.05) is 26.8 Å². The van der Waals surface area contributed by atoms with Crippen molar-refractivity contribution in [2.45, 2.75) is 19.8 Å². The standard InChI is InChI=1S/C16H21N3O5/c1-3-24-12-7-6-11(9-13(12)23-2)16(22)18-17-14(20)10-19-8-4-5-15(19)21/h6-7,9H,3-5,8,10H2,1-2H3,(H,17,20)(H,18,22). The molecule has 0 bridgehead atoms. The first-order valence-electron chi connectivity index (χ1n) is 7.73. The molecule has 1 aliphatic rings. The minimum atomic E-state index is -0.488. The van der Waals surface area contributed by atoms with Crippen molar-refractivity contribution in [2.24, 2.45) is 0 Å². The van der Waals surface area contributed by atoms with Gasteiger partial charge in [-0.1, -0.05) is 0 Å². The van der Waals surface area contributed by atoms with Gasteiger partial charge in [0, 0.05) is 18.5 Å². The van der Waals surface area contributed by atoms with E-state index in [-0.39, 0.29) is 12.5 Å². The van der Waals surface area contributed by atoms with Gasteiger partial charge in [0.25, 0.3) is 11.8 Å². The van der Waals surface area contributed by atoms with Crippen LogP contribution in [0.1, 0.15) is 30.1 Å². The third-order valence-corrected chi connectivity index (χ3v) is 3.55. The van der Waals surface area contributed by atoms with Crippen molar-refractivity contribution in [3.05, 3.63) is 23.8 Å². The van der Waals surface area contributed by atoms with Gasteiger partial charge in [0.1, 0.15) is 6.54 Å². The van der Waals surface area contributed by atoms with Crippen LogP contribution in [0.25, 0.3) is 0 Å². The molecule has 0 aliphatic carbocycles. The fourth-order valence-corrected chi connectivity index (χ4v) is 2.37. The third-order valence-electron chi connectivity index (χ3n) is 3.55. The summed E-state index contributed by atoms with van der Waals surface area (Å²) < 4.78 is 10.6. The Hall–Kier alpha value is -2.77. The molecule has 0 atom stereocenters. The molecule has 3 amide bonds. The van der Waals surface area contributed by atoms with E-state index in [1.54, 1.807) is 12.1 Å². The number of hydrogen-bond acceptors (Lipinski definition) is 5. The lowest BCUT2D eigenvalue weighted by Crippen LogP contribution is -2.46. The monoisotopic (exact) mass is 335 g/mol. The van der Waals surface area contributed by atoms with Crippen LogP contribution in [0.15, 0.2) is 18.2 Å². The lowest BCUT2D eigenvalue weighted by atomic mass is 10.2. The Morgan fingerprint density at radius 1 is 1.25 bits per heavy atom. The number of likely N-dealkylation sites (tertiary alicyclic amines) is 1. The van der Waals surface area contributed by atoms with Crippen molar-refractivity contribution >= 4 is 17.7 Å². The number of amides is 3. The molecule has 0 spiro atoms. The minimum absolute atomic E-state index is 0.0484. The maximum Gasteiger partial charge on any atom is 0.269 e. The van der Waals surface area contributed by atoms with E-state index in [1.165, 1.54) is 18.1 Å². The van der Waals surface area contributed by atoms with Crippen LogP contribution in [0.2, 0.25) is 0 Å². The van der Waals surface area contributed by atoms with Crippen LogP contribution in [-0.4, -0.2) is 49.4 Å². The van der Waals surface area contributed by atoms with E-state index >= 15 is 0 Å². The number of methoxy groups -OCH3 is 1. The first kappa shape index (κ1) is 17.6. The second-order valence-corrected chi connectivity index (χ2v) is 5.22. The first-order valence-corrected chi connectivity index (χ1v) is 7.73. The second kappa shape index (κ2) is 8.19. The summed E-state index contributed by atoms with van der Waals surface area (Å²) >= 11 is 0. The highest BCUT2D eigenvalue weighted by Gasteiger charge is 2.22. The fourth-order valence-electron chi connectivity index (χ4n) is 2.37. The van der Waals surface area contributed by atoms with Crippen molar-refractivity contribution in [1.82, 2.24) is 15.8 Å². The van der Waals surface area contributed by atoms with E-state index < -0.39 is 11.8 Å². The third kappa shape index (κ3) is 4.37. The summed E-state index contributed by atoms with van der Waals surface area (Å²) in [5.74, 6) is -0.0201. The molecular weight excluding hydrogens is 314 g/mol. The average Bonchev–Trinajstić information content (AvgIpc) is 2.98. The van der Waals surface area contributed by atoms with Gasteiger partial charge in [-0.25, -0.2) is 0 Å². The summed E-state index contributed by atoms with van der Waals surface area (Å²) in [7, 11) is 1.48. The van der Waals surface area contributed by atoms with Gasteiger partial charge < -0.3 is 14.4 Å². The Balaban J connectivity index is 1.89. The van der Waals surface area contributed by atoms with Crippen molar-refractivity contribution in [3.8, 4) is 11.5 Å². The number of rotatable bonds is 6. The molecule has 0 radical (unpaired) electrons. The van der Waals surface area contributed by atoms with E-state index in [9.17, 15) is 14.4 Å². The number of hydrogen-bond donors (Lipinski definition) is 2. The number of benzene rings is 1. The number of carbonyl (C=O) groups is 3. The van der Waals surface area contributed by atoms with E-state index in [4.69, 9.17) is 9.47 Å². The maximum atomic E-state index is 12.1. The Labute approximate surface area is 140 Å². The van der Waals surface area contributed by atoms with Crippen LogP contribution in [0, 0.1) is 0 Å². The number of hydrazine groups is 1. The summed E-state index contributed by atoms with van der Waals surface area (Å²) in [6.07, 6.45) is 1.22. The zero-order chi connectivity index (χ0) is 17.5. The molecule has 1 aromatic carbocycles. The molecule has 2 N–H and O–H groups in total. The quantitative estimate of drug-likeness (QED) is 0.737. The topological polar surface area (TPSA) is 97.0 Å². The molecule has 1 aromatic rings. The zero-order valence-corrected chi connectivity index (χ0v) is 13.8. The predicted octanol–water partition coefficient (Wildman–Crippen LogP) is 0.477. The highest BCUT2D eigenvalue weighted by Crippen LogP contribution is 2.27. The Morgan fingerprint density at radius 3 is 2.67 bits per heavy atom. The van der Waals surface area contributed by atoms with Gasteiger partial charge in [0.05, 0.1) is 13.7 Å². The molecule has 8 heteroatoms. The SMILES string of the molecule is CCOc1ccc(C(=O)NNC(=O)CN2CCCC2=O)cc1OC. The van der Waals surface area contributed by atoms with E-state index in [0.29, 0.717) is 36.6 Å². The van der Waals surface area contributed by atoms with Gasteiger partial charge in [-0.3, -0.25) is 25.2 Å². The Morgan fingerprint density at radius 2 is 2.04 bits per heavy atom. The summed E-state index contributed by atoms with van der Waals surface area (Å²) in [4.78, 5) is 36.8. The van der Waals surface area contributed by atoms with Gasteiger partial charge in [0.2, 0.25) is 5.91 Å². The first-order chi connectivity index (χ1) is 11.5. The van der Waals surface area contributed by atoms with Crippen LogP contribution < -0.4 is 20.3 Å². The van der Waals surface area contributed by atoms with Crippen molar-refractivity contribution in [1.29, 1.82) is 0 Å². The molecule has 0 saturated carbocycles. The number of carbonyl (C=O) groups excluding carboxylic acids is 3. The molecule has 0 aromatic heterocycles. The molecule has 1 saturated heterocycles. The van der Waals surface area contributed by atoms with Gasteiger partial charge >= 0.3 is 0 Å². The van der Waals surface area contributed by atoms with Gasteiger partial charge in [-0.05, 0) is 31.5 Å². The summed E-state index contributed by atoms with van der Waals surface area (Å²) in [6.45, 7) is 2.83. The van der Waals surface area contributed by atoms with E-state index in [0.717, 1.165) is 6.42 Å². The van der Waals surface area contributed by atoms with Crippen LogP contribution in [0.3, 0.4) is 0 Å². The zero-order valence-electron chi connectivity index (χ0n) is 13.8. The van der Waals surface area contributed by atoms with Gasteiger partial charge in [-0.2, -0.15) is 0 Å². The predicted molar refractivity (Wildman–Crippen MR) is 85.6 cm³/mol. The number of nitrogens with one attached hydrogen (secondary N) is 2. The minimum Gasteiger partial charge on any atom is -0.493 e. The molecule has 1 aliphatic heterocycles. The highest BCUT2D eigenvalue weighted by molar-refractivity contribution is 5.96. The number of ether oxygens (including phenoxy) is 2. The van der Waals surface area contributed by atoms with Crippen LogP contribution in [-0.2, 0) is 9.59 Å². The Kier molecular flexibility index (Phi) is 6.00. The van der Waals surface area contributed by atoms with Gasteiger partial charge in [-0.15, -0.1) is 0 Å². The molecule has 2 rings (SSSR count). The summed E-state index contributed by atoms with van der Waals surface area (Å²) in [5.41, 5.74) is 4.93. The lowest BCUT2D eigenvalue weighted by molar-refractivity contribution is -0.133. The van der Waals surface area contributed by atoms with E-state index in [2.05, 4.69) is 10.9 Å². The molecule has 8 nitrogen and oxygen atoms in total. The van der Waals surface area contributed by atoms with Gasteiger partial charge in [0.15, 0.2) is 11.5 Å². The van der Waals surface area contributed by atoms with Crippen LogP contribution in [0.4, 0.5) is 0 Å². The summed E-state index contributed by atoms with van der Waals surface area (Å²) in [5, 5.41) is 0. The summed E-state index contributed by atoms with van der Waals surface area (Å²) in [6, 6.07) is 4.72. The van der Waals surface area contributed by atoms with Crippen molar-refractivity contribution < 1.29 is 23.9 Å². The van der Waals surface area contributed by atoms with E-state index in [1.807, 2.05) is 6.92 Å². The molecule has 0 unspecified atom stereocenters. The molecular formula is C16H21N3O5. The maximum absolute atomic E-state index is 12.1. The number of nitrogens with zero attached hydrogens (tertiary/aromatic N) is 1. The average molecular weight is 335 g/mol. The normalized spacial score (nSPS) is 13.6.